The Bertz CT molecular complexity index is 204. The van der Waals surface area contributed by atoms with Crippen LogP contribution >= 0.6 is 63.7 Å². The van der Waals surface area contributed by atoms with E-state index in [0.29, 0.717) is 0 Å². The van der Waals surface area contributed by atoms with E-state index in [1.54, 1.807) is 0 Å². The van der Waals surface area contributed by atoms with Gasteiger partial charge in [-0.2, -0.15) is 0 Å². The number of halogens is 4. The highest BCUT2D eigenvalue weighted by atomic mass is 79.9. The van der Waals surface area contributed by atoms with Crippen molar-refractivity contribution >= 4 is 63.7 Å². The summed E-state index contributed by atoms with van der Waals surface area (Å²) in [6.07, 6.45) is 3.09. The molecule has 10 heavy (non-hydrogen) atoms. The minimum atomic E-state index is 0.288. The molecule has 0 N–H and O–H groups in total. The molecule has 0 aliphatic heterocycles. The number of hydrogen-bond donors (Lipinski definition) is 0. The Labute approximate surface area is 93.6 Å². The molecule has 1 aliphatic rings. The van der Waals surface area contributed by atoms with Gasteiger partial charge in [-0.15, -0.1) is 0 Å². The van der Waals surface area contributed by atoms with Gasteiger partial charge in [0.25, 0.3) is 0 Å². The Kier molecular flexibility index (Phi) is 3.68. The average Bonchev–Trinajstić information content (AvgIpc) is 1.93. The van der Waals surface area contributed by atoms with E-state index in [-0.39, 0.29) is 4.83 Å². The zero-order valence-corrected chi connectivity index (χ0v) is 11.2. The lowest BCUT2D eigenvalue weighted by molar-refractivity contribution is 1.21. The van der Waals surface area contributed by atoms with Gasteiger partial charge < -0.3 is 0 Å². The molecule has 56 valence electrons. The molecule has 0 heterocycles. The number of alkyl halides is 1. The lowest BCUT2D eigenvalue weighted by Crippen LogP contribution is -2.02. The molecule has 0 radical (unpaired) electrons. The van der Waals surface area contributed by atoms with Crippen molar-refractivity contribution in [3.63, 3.8) is 0 Å². The minimum absolute atomic E-state index is 0.288. The van der Waals surface area contributed by atoms with Crippen LogP contribution in [-0.2, 0) is 0 Å². The van der Waals surface area contributed by atoms with E-state index in [9.17, 15) is 0 Å². The van der Waals surface area contributed by atoms with Crippen LogP contribution in [-0.4, -0.2) is 4.83 Å². The lowest BCUT2D eigenvalue weighted by Gasteiger charge is -2.15. The van der Waals surface area contributed by atoms with Gasteiger partial charge in [0.05, 0.1) is 4.83 Å². The molecular weight excluding hydrogens is 392 g/mol. The molecule has 0 aromatic heterocycles. The van der Waals surface area contributed by atoms with E-state index < -0.39 is 0 Å². The molecule has 0 aromatic carbocycles. The summed E-state index contributed by atoms with van der Waals surface area (Å²) < 4.78 is 3.56. The third kappa shape index (κ3) is 1.96. The van der Waals surface area contributed by atoms with Crippen LogP contribution in [0.3, 0.4) is 0 Å². The Morgan fingerprint density at radius 3 is 2.40 bits per heavy atom. The van der Waals surface area contributed by atoms with Crippen molar-refractivity contribution in [3.05, 3.63) is 19.5 Å². The van der Waals surface area contributed by atoms with Gasteiger partial charge in [0, 0.05) is 13.4 Å². The van der Waals surface area contributed by atoms with Crippen LogP contribution in [0.4, 0.5) is 0 Å². The zero-order valence-electron chi connectivity index (χ0n) is 4.87. The van der Waals surface area contributed by atoms with Gasteiger partial charge in [-0.3, -0.25) is 0 Å². The molecule has 1 aliphatic carbocycles. The molecule has 1 unspecified atom stereocenters. The fourth-order valence-electron chi connectivity index (χ4n) is 0.647. The van der Waals surface area contributed by atoms with Crippen molar-refractivity contribution < 1.29 is 0 Å². The Morgan fingerprint density at radius 2 is 1.90 bits per heavy atom. The van der Waals surface area contributed by atoms with Crippen molar-refractivity contribution in [1.29, 1.82) is 0 Å². The first-order valence-corrected chi connectivity index (χ1v) is 5.96. The van der Waals surface area contributed by atoms with Crippen molar-refractivity contribution in [1.82, 2.24) is 0 Å². The van der Waals surface area contributed by atoms with Crippen molar-refractivity contribution in [2.45, 2.75) is 11.2 Å². The van der Waals surface area contributed by atoms with E-state index in [4.69, 9.17) is 0 Å². The third-order valence-corrected chi connectivity index (χ3v) is 6.38. The fourth-order valence-corrected chi connectivity index (χ4v) is 2.91. The predicted octanol–water partition coefficient (Wildman–Crippen LogP) is 4.43. The molecule has 0 saturated heterocycles. The summed E-state index contributed by atoms with van der Waals surface area (Å²) in [6.45, 7) is 0. The normalized spacial score (nSPS) is 26.8. The van der Waals surface area contributed by atoms with Crippen LogP contribution < -0.4 is 0 Å². The smallest absolute Gasteiger partial charge is 0.0775 e. The summed E-state index contributed by atoms with van der Waals surface area (Å²) in [6, 6.07) is 0. The van der Waals surface area contributed by atoms with Gasteiger partial charge in [-0.25, -0.2) is 0 Å². The maximum absolute atomic E-state index is 3.51. The highest BCUT2D eigenvalue weighted by molar-refractivity contribution is 9.16. The van der Waals surface area contributed by atoms with Gasteiger partial charge in [-0.1, -0.05) is 69.8 Å². The molecule has 0 amide bonds. The number of hydrogen-bond acceptors (Lipinski definition) is 0. The van der Waals surface area contributed by atoms with E-state index in [1.165, 1.54) is 13.4 Å². The molecule has 0 nitrogen and oxygen atoms in total. The first-order chi connectivity index (χ1) is 4.63. The zero-order chi connectivity index (χ0) is 7.72. The summed E-state index contributed by atoms with van der Waals surface area (Å²) in [5, 5.41) is 0. The first kappa shape index (κ1) is 9.49. The topological polar surface area (TPSA) is 0 Å². The number of allylic oxidation sites excluding steroid dienone is 4. The van der Waals surface area contributed by atoms with Crippen LogP contribution in [0.15, 0.2) is 19.5 Å². The molecular formula is C6H4Br4. The molecule has 0 saturated carbocycles. The average molecular weight is 396 g/mol. The molecule has 1 atom stereocenters. The van der Waals surface area contributed by atoms with E-state index in [2.05, 4.69) is 69.8 Å². The monoisotopic (exact) mass is 392 g/mol. The largest absolute Gasteiger partial charge is 0.0780 e. The number of rotatable bonds is 0. The van der Waals surface area contributed by atoms with E-state index >= 15 is 0 Å². The Hall–Kier alpha value is 1.40. The van der Waals surface area contributed by atoms with Crippen LogP contribution in [0.1, 0.15) is 6.42 Å². The van der Waals surface area contributed by atoms with Crippen molar-refractivity contribution in [2.75, 3.05) is 0 Å². The molecule has 0 aromatic rings. The quantitative estimate of drug-likeness (QED) is 0.532. The molecule has 0 fully saturated rings. The van der Waals surface area contributed by atoms with Crippen molar-refractivity contribution in [2.24, 2.45) is 0 Å². The summed E-state index contributed by atoms with van der Waals surface area (Å²) in [5.41, 5.74) is 0. The fraction of sp³-hybridized carbons (Fsp3) is 0.333. The maximum atomic E-state index is 3.51. The molecule has 1 rings (SSSR count). The van der Waals surface area contributed by atoms with Gasteiger partial charge in [0.1, 0.15) is 0 Å². The standard InChI is InChI=1S/C6H4Br4/c7-3-1-2-4(8)6(10)5(3)9/h1,5H,2H2. The molecule has 0 bridgehead atoms. The summed E-state index contributed by atoms with van der Waals surface area (Å²) in [4.78, 5) is 0.288. The SMILES string of the molecule is BrC1=CCC(Br)=C(Br)C1Br. The van der Waals surface area contributed by atoms with Crippen LogP contribution in [0.25, 0.3) is 0 Å². The van der Waals surface area contributed by atoms with Gasteiger partial charge in [0.15, 0.2) is 0 Å². The van der Waals surface area contributed by atoms with E-state index in [0.717, 1.165) is 6.42 Å². The summed E-state index contributed by atoms with van der Waals surface area (Å²) in [5.74, 6) is 0. The first-order valence-electron chi connectivity index (χ1n) is 2.66. The van der Waals surface area contributed by atoms with E-state index in [1.807, 2.05) is 0 Å². The molecule has 0 spiro atoms. The highest BCUT2D eigenvalue weighted by Crippen LogP contribution is 2.38. The highest BCUT2D eigenvalue weighted by Gasteiger charge is 2.18. The Balaban J connectivity index is 2.86. The van der Waals surface area contributed by atoms with Crippen LogP contribution in [0, 0.1) is 0 Å². The minimum Gasteiger partial charge on any atom is -0.0775 e. The van der Waals surface area contributed by atoms with Crippen molar-refractivity contribution in [3.8, 4) is 0 Å². The second-order valence-corrected chi connectivity index (χ2v) is 5.55. The second-order valence-electron chi connectivity index (χ2n) is 1.91. The molecule has 4 heteroatoms. The summed E-state index contributed by atoms with van der Waals surface area (Å²) >= 11 is 13.9. The predicted molar refractivity (Wildman–Crippen MR) is 59.2 cm³/mol. The summed E-state index contributed by atoms with van der Waals surface area (Å²) in [7, 11) is 0. The maximum Gasteiger partial charge on any atom is 0.0780 e. The van der Waals surface area contributed by atoms with Crippen LogP contribution in [0.2, 0.25) is 0 Å². The van der Waals surface area contributed by atoms with Crippen LogP contribution in [0.5, 0.6) is 0 Å². The Morgan fingerprint density at radius 1 is 1.30 bits per heavy atom. The lowest BCUT2D eigenvalue weighted by atomic mass is 10.2. The van der Waals surface area contributed by atoms with Gasteiger partial charge in [-0.05, 0) is 6.42 Å². The van der Waals surface area contributed by atoms with Gasteiger partial charge in [0.2, 0.25) is 0 Å². The second kappa shape index (κ2) is 3.87. The third-order valence-electron chi connectivity index (χ3n) is 1.20. The van der Waals surface area contributed by atoms with Gasteiger partial charge >= 0.3 is 0 Å².